The predicted octanol–water partition coefficient (Wildman–Crippen LogP) is 2.10. The molecule has 1 fully saturated rings. The highest BCUT2D eigenvalue weighted by Gasteiger charge is 2.42. The number of rotatable bonds is 3. The number of anilines is 1. The van der Waals surface area contributed by atoms with Gasteiger partial charge in [-0.1, -0.05) is 32.9 Å². The number of hydrogen-bond donors (Lipinski definition) is 1. The first-order chi connectivity index (χ1) is 9.45. The van der Waals surface area contributed by atoms with E-state index in [2.05, 4.69) is 5.32 Å². The summed E-state index contributed by atoms with van der Waals surface area (Å²) in [4.78, 5) is 37.2. The molecule has 1 aromatic carbocycles. The van der Waals surface area contributed by atoms with Crippen molar-refractivity contribution in [1.29, 1.82) is 0 Å². The van der Waals surface area contributed by atoms with Crippen molar-refractivity contribution in [3.63, 3.8) is 0 Å². The third kappa shape index (κ3) is 2.43. The molecular weight excluding hydrogens is 256 g/mol. The average Bonchev–Trinajstić information content (AvgIpc) is 2.37. The summed E-state index contributed by atoms with van der Waals surface area (Å²) in [5.41, 5.74) is 1.53. The van der Waals surface area contributed by atoms with Crippen molar-refractivity contribution in [2.75, 3.05) is 4.90 Å². The van der Waals surface area contributed by atoms with Crippen LogP contribution in [0.5, 0.6) is 0 Å². The molecule has 1 heterocycles. The van der Waals surface area contributed by atoms with Gasteiger partial charge in [-0.2, -0.15) is 0 Å². The molecule has 5 heteroatoms. The molecule has 0 radical (unpaired) electrons. The monoisotopic (exact) mass is 274 g/mol. The number of amides is 4. The second-order valence-corrected chi connectivity index (χ2v) is 5.21. The number of nitrogens with one attached hydrogen (secondary N) is 1. The van der Waals surface area contributed by atoms with Gasteiger partial charge in [0.1, 0.15) is 5.92 Å². The van der Waals surface area contributed by atoms with Gasteiger partial charge in [0.05, 0.1) is 5.69 Å². The number of carbonyl (C=O) groups is 3. The van der Waals surface area contributed by atoms with Gasteiger partial charge in [0.25, 0.3) is 0 Å². The molecule has 1 N–H and O–H groups in total. The third-order valence-electron chi connectivity index (χ3n) is 3.45. The highest BCUT2D eigenvalue weighted by Crippen LogP contribution is 2.25. The van der Waals surface area contributed by atoms with E-state index in [-0.39, 0.29) is 5.92 Å². The van der Waals surface area contributed by atoms with Gasteiger partial charge < -0.3 is 0 Å². The Kier molecular flexibility index (Phi) is 3.88. The summed E-state index contributed by atoms with van der Waals surface area (Å²) in [5.74, 6) is -1.95. The number of carbonyl (C=O) groups excluding carboxylic acids is 3. The van der Waals surface area contributed by atoms with Gasteiger partial charge in [0.2, 0.25) is 11.8 Å². The maximum Gasteiger partial charge on any atom is 0.335 e. The van der Waals surface area contributed by atoms with E-state index in [0.717, 1.165) is 16.9 Å². The van der Waals surface area contributed by atoms with Crippen LogP contribution in [-0.4, -0.2) is 17.8 Å². The van der Waals surface area contributed by atoms with Crippen LogP contribution in [0.25, 0.3) is 0 Å². The van der Waals surface area contributed by atoms with Crippen molar-refractivity contribution < 1.29 is 14.4 Å². The molecule has 4 amide bonds. The minimum absolute atomic E-state index is 0.160. The molecule has 1 aromatic rings. The SMILES string of the molecule is CCc1cccc(N2C(=O)NC(=O)C(C(C)C)C2=O)c1. The van der Waals surface area contributed by atoms with E-state index >= 15 is 0 Å². The van der Waals surface area contributed by atoms with E-state index in [9.17, 15) is 14.4 Å². The zero-order valence-electron chi connectivity index (χ0n) is 11.8. The van der Waals surface area contributed by atoms with Gasteiger partial charge in [-0.3, -0.25) is 14.9 Å². The van der Waals surface area contributed by atoms with Crippen LogP contribution in [0.2, 0.25) is 0 Å². The Morgan fingerprint density at radius 1 is 1.25 bits per heavy atom. The number of imide groups is 2. The van der Waals surface area contributed by atoms with E-state index < -0.39 is 23.8 Å². The van der Waals surface area contributed by atoms with Crippen molar-refractivity contribution in [1.82, 2.24) is 5.32 Å². The number of urea groups is 1. The lowest BCUT2D eigenvalue weighted by molar-refractivity contribution is -0.136. The van der Waals surface area contributed by atoms with Crippen LogP contribution < -0.4 is 10.2 Å². The maximum atomic E-state index is 12.4. The van der Waals surface area contributed by atoms with Crippen molar-refractivity contribution >= 4 is 23.5 Å². The molecular formula is C15H18N2O3. The lowest BCUT2D eigenvalue weighted by atomic mass is 9.91. The lowest BCUT2D eigenvalue weighted by Gasteiger charge is -2.32. The third-order valence-corrected chi connectivity index (χ3v) is 3.45. The molecule has 1 atom stereocenters. The van der Waals surface area contributed by atoms with Gasteiger partial charge in [-0.05, 0) is 30.0 Å². The first-order valence-electron chi connectivity index (χ1n) is 6.73. The smallest absolute Gasteiger partial charge is 0.277 e. The minimum Gasteiger partial charge on any atom is -0.277 e. The Hall–Kier alpha value is -2.17. The predicted molar refractivity (Wildman–Crippen MR) is 75.2 cm³/mol. The van der Waals surface area contributed by atoms with Crippen LogP contribution in [0.1, 0.15) is 26.3 Å². The van der Waals surface area contributed by atoms with Crippen LogP contribution in [0.15, 0.2) is 24.3 Å². The summed E-state index contributed by atoms with van der Waals surface area (Å²) in [6.45, 7) is 5.58. The van der Waals surface area contributed by atoms with Gasteiger partial charge in [-0.15, -0.1) is 0 Å². The average molecular weight is 274 g/mol. The highest BCUT2D eigenvalue weighted by atomic mass is 16.2. The highest BCUT2D eigenvalue weighted by molar-refractivity contribution is 6.27. The Balaban J connectivity index is 2.40. The van der Waals surface area contributed by atoms with Crippen LogP contribution in [0, 0.1) is 11.8 Å². The first kappa shape index (κ1) is 14.2. The summed E-state index contributed by atoms with van der Waals surface area (Å²) in [6, 6.07) is 6.55. The van der Waals surface area contributed by atoms with E-state index in [4.69, 9.17) is 0 Å². The second kappa shape index (κ2) is 5.45. The van der Waals surface area contributed by atoms with Crippen LogP contribution in [0.4, 0.5) is 10.5 Å². The van der Waals surface area contributed by atoms with Gasteiger partial charge in [-0.25, -0.2) is 9.69 Å². The molecule has 20 heavy (non-hydrogen) atoms. The molecule has 5 nitrogen and oxygen atoms in total. The number of hydrogen-bond acceptors (Lipinski definition) is 3. The van der Waals surface area contributed by atoms with Crippen molar-refractivity contribution in [3.8, 4) is 0 Å². The van der Waals surface area contributed by atoms with Crippen LogP contribution in [0.3, 0.4) is 0 Å². The zero-order chi connectivity index (χ0) is 14.9. The van der Waals surface area contributed by atoms with Crippen LogP contribution >= 0.6 is 0 Å². The van der Waals surface area contributed by atoms with Gasteiger partial charge in [0, 0.05) is 0 Å². The summed E-state index contributed by atoms with van der Waals surface area (Å²) in [7, 11) is 0. The fourth-order valence-electron chi connectivity index (χ4n) is 2.34. The molecule has 1 saturated heterocycles. The van der Waals surface area contributed by atoms with Crippen molar-refractivity contribution in [3.05, 3.63) is 29.8 Å². The Labute approximate surface area is 118 Å². The van der Waals surface area contributed by atoms with Gasteiger partial charge >= 0.3 is 6.03 Å². The van der Waals surface area contributed by atoms with E-state index in [1.807, 2.05) is 13.0 Å². The first-order valence-corrected chi connectivity index (χ1v) is 6.73. The number of nitrogens with zero attached hydrogens (tertiary/aromatic N) is 1. The number of benzene rings is 1. The molecule has 0 aromatic heterocycles. The Bertz CT molecular complexity index is 566. The number of barbiturate groups is 1. The topological polar surface area (TPSA) is 66.5 Å². The summed E-state index contributed by atoms with van der Waals surface area (Å²) in [6.07, 6.45) is 0.810. The van der Waals surface area contributed by atoms with Crippen LogP contribution in [-0.2, 0) is 16.0 Å². The van der Waals surface area contributed by atoms with E-state index in [0.29, 0.717) is 5.69 Å². The molecule has 0 bridgehead atoms. The molecule has 1 unspecified atom stereocenters. The summed E-state index contributed by atoms with van der Waals surface area (Å²) < 4.78 is 0. The minimum atomic E-state index is -0.821. The van der Waals surface area contributed by atoms with E-state index in [1.165, 1.54) is 0 Å². The summed E-state index contributed by atoms with van der Waals surface area (Å²) in [5, 5.41) is 2.25. The van der Waals surface area contributed by atoms with Crippen molar-refractivity contribution in [2.45, 2.75) is 27.2 Å². The Morgan fingerprint density at radius 2 is 1.95 bits per heavy atom. The largest absolute Gasteiger partial charge is 0.335 e. The summed E-state index contributed by atoms with van der Waals surface area (Å²) >= 11 is 0. The molecule has 1 aliphatic rings. The second-order valence-electron chi connectivity index (χ2n) is 5.21. The fourth-order valence-corrected chi connectivity index (χ4v) is 2.34. The molecule has 0 aliphatic carbocycles. The Morgan fingerprint density at radius 3 is 2.55 bits per heavy atom. The van der Waals surface area contributed by atoms with E-state index in [1.54, 1.807) is 32.0 Å². The molecule has 2 rings (SSSR count). The lowest BCUT2D eigenvalue weighted by Crippen LogP contribution is -2.59. The zero-order valence-corrected chi connectivity index (χ0v) is 11.8. The van der Waals surface area contributed by atoms with Gasteiger partial charge in [0.15, 0.2) is 0 Å². The normalized spacial score (nSPS) is 19.5. The standard InChI is InChI=1S/C15H18N2O3/c1-4-10-6-5-7-11(8-10)17-14(19)12(9(2)3)13(18)16-15(17)20/h5-9,12H,4H2,1-3H3,(H,16,18,20). The quantitative estimate of drug-likeness (QED) is 0.858. The molecule has 106 valence electrons. The molecule has 1 aliphatic heterocycles. The fraction of sp³-hybridized carbons (Fsp3) is 0.400. The number of aryl methyl sites for hydroxylation is 1. The molecule has 0 spiro atoms. The maximum absolute atomic E-state index is 12.4. The van der Waals surface area contributed by atoms with Crippen molar-refractivity contribution in [2.24, 2.45) is 11.8 Å². The molecule has 0 saturated carbocycles.